The molecule has 0 bridgehead atoms. The van der Waals surface area contributed by atoms with Gasteiger partial charge in [-0.05, 0) is 67.8 Å². The molecule has 2 aromatic carbocycles. The summed E-state index contributed by atoms with van der Waals surface area (Å²) in [7, 11) is 1.30. The molecule has 0 fully saturated rings. The van der Waals surface area contributed by atoms with Crippen molar-refractivity contribution < 1.29 is 29.0 Å². The number of carbonyl (C=O) groups is 3. The molecule has 8 nitrogen and oxygen atoms in total. The lowest BCUT2D eigenvalue weighted by Crippen LogP contribution is -2.52. The van der Waals surface area contributed by atoms with Gasteiger partial charge in [-0.2, -0.15) is 0 Å². The average molecular weight is 453 g/mol. The van der Waals surface area contributed by atoms with Crippen LogP contribution in [-0.4, -0.2) is 46.7 Å². The number of amides is 2. The third kappa shape index (κ3) is 6.35. The van der Waals surface area contributed by atoms with Gasteiger partial charge >= 0.3 is 12.1 Å². The number of anilines is 1. The van der Waals surface area contributed by atoms with Crippen molar-refractivity contribution in [3.63, 3.8) is 0 Å². The molecule has 3 rings (SSSR count). The molecule has 8 heteroatoms. The summed E-state index contributed by atoms with van der Waals surface area (Å²) in [5, 5.41) is 12.7. The van der Waals surface area contributed by atoms with Gasteiger partial charge in [0.1, 0.15) is 17.4 Å². The number of rotatable bonds is 4. The van der Waals surface area contributed by atoms with Gasteiger partial charge in [0.15, 0.2) is 0 Å². The average Bonchev–Trinajstić information content (AvgIpc) is 2.76. The summed E-state index contributed by atoms with van der Waals surface area (Å²) in [6, 6.07) is 11.1. The van der Waals surface area contributed by atoms with Gasteiger partial charge in [0.25, 0.3) is 0 Å². The Balaban J connectivity index is 1.79. The van der Waals surface area contributed by atoms with Gasteiger partial charge in [0.05, 0.1) is 13.7 Å². The summed E-state index contributed by atoms with van der Waals surface area (Å²) in [5.41, 5.74) is 2.25. The van der Waals surface area contributed by atoms with Crippen molar-refractivity contribution in [2.45, 2.75) is 45.4 Å². The number of aromatic hydroxyl groups is 1. The van der Waals surface area contributed by atoms with Crippen LogP contribution in [0.4, 0.5) is 10.5 Å². The zero-order valence-electron chi connectivity index (χ0n) is 19.1. The number of nitrogens with zero attached hydrogens (tertiary/aromatic N) is 1. The smallest absolute Gasteiger partial charge is 0.411 e. The molecule has 0 saturated heterocycles. The number of hydrogen-bond acceptors (Lipinski definition) is 6. The third-order valence-corrected chi connectivity index (χ3v) is 5.04. The molecule has 1 heterocycles. The highest BCUT2D eigenvalue weighted by Crippen LogP contribution is 2.28. The quantitative estimate of drug-likeness (QED) is 0.539. The molecular weight excluding hydrogens is 424 g/mol. The molecule has 0 unspecified atom stereocenters. The number of methoxy groups -OCH3 is 1. The highest BCUT2D eigenvalue weighted by atomic mass is 16.6. The summed E-state index contributed by atoms with van der Waals surface area (Å²) in [4.78, 5) is 38.7. The Morgan fingerprint density at radius 2 is 1.79 bits per heavy atom. The number of carbonyl (C=O) groups excluding carboxylic acids is 3. The zero-order chi connectivity index (χ0) is 24.2. The number of benzene rings is 2. The van der Waals surface area contributed by atoms with Crippen molar-refractivity contribution in [1.82, 2.24) is 4.90 Å². The molecule has 174 valence electrons. The minimum Gasteiger partial charge on any atom is -0.508 e. The summed E-state index contributed by atoms with van der Waals surface area (Å²) < 4.78 is 10.1. The van der Waals surface area contributed by atoms with Crippen LogP contribution in [0, 0.1) is 0 Å². The van der Waals surface area contributed by atoms with Crippen molar-refractivity contribution in [3.8, 4) is 5.75 Å². The van der Waals surface area contributed by atoms with Crippen LogP contribution in [-0.2, 0) is 32.0 Å². The molecule has 0 aromatic heterocycles. The van der Waals surface area contributed by atoms with Gasteiger partial charge < -0.3 is 19.9 Å². The minimum absolute atomic E-state index is 0.0992. The van der Waals surface area contributed by atoms with Gasteiger partial charge in [0, 0.05) is 18.2 Å². The van der Waals surface area contributed by atoms with Crippen LogP contribution in [0.25, 0.3) is 6.08 Å². The van der Waals surface area contributed by atoms with Crippen molar-refractivity contribution in [2.24, 2.45) is 0 Å². The minimum atomic E-state index is -0.782. The molecule has 2 amide bonds. The molecule has 1 aliphatic heterocycles. The Morgan fingerprint density at radius 1 is 1.09 bits per heavy atom. The first-order valence-electron chi connectivity index (χ1n) is 10.5. The predicted octanol–water partition coefficient (Wildman–Crippen LogP) is 3.88. The largest absolute Gasteiger partial charge is 0.508 e. The lowest BCUT2D eigenvalue weighted by Gasteiger charge is -2.37. The number of phenolic OH excluding ortho intramolecular Hbond substituents is 1. The first kappa shape index (κ1) is 23.8. The Morgan fingerprint density at radius 3 is 2.42 bits per heavy atom. The van der Waals surface area contributed by atoms with Crippen LogP contribution in [0.5, 0.6) is 5.75 Å². The lowest BCUT2D eigenvalue weighted by molar-refractivity contribution is -0.134. The normalized spacial score (nSPS) is 15.6. The first-order chi connectivity index (χ1) is 15.6. The lowest BCUT2D eigenvalue weighted by atomic mass is 9.93. The van der Waals surface area contributed by atoms with E-state index in [9.17, 15) is 19.5 Å². The second-order valence-electron chi connectivity index (χ2n) is 8.75. The van der Waals surface area contributed by atoms with E-state index in [2.05, 4.69) is 10.1 Å². The Bertz CT molecular complexity index is 1070. The predicted molar refractivity (Wildman–Crippen MR) is 123 cm³/mol. The maximum atomic E-state index is 13.2. The van der Waals surface area contributed by atoms with E-state index in [4.69, 9.17) is 4.74 Å². The Labute approximate surface area is 192 Å². The molecule has 0 radical (unpaired) electrons. The fourth-order valence-electron chi connectivity index (χ4n) is 3.45. The molecule has 1 atom stereocenters. The summed E-state index contributed by atoms with van der Waals surface area (Å²) in [5.74, 6) is -0.708. The molecular formula is C25H28N2O6. The van der Waals surface area contributed by atoms with Gasteiger partial charge in [-0.1, -0.05) is 18.2 Å². The topological polar surface area (TPSA) is 105 Å². The highest BCUT2D eigenvalue weighted by Gasteiger charge is 2.37. The second-order valence-corrected chi connectivity index (χ2v) is 8.75. The molecule has 0 aliphatic carbocycles. The van der Waals surface area contributed by atoms with Crippen molar-refractivity contribution in [3.05, 3.63) is 65.2 Å². The monoisotopic (exact) mass is 452 g/mol. The number of nitrogens with one attached hydrogen (secondary N) is 1. The number of esters is 1. The second kappa shape index (κ2) is 9.77. The molecule has 0 spiro atoms. The van der Waals surface area contributed by atoms with Crippen LogP contribution in [0.15, 0.2) is 48.5 Å². The van der Waals surface area contributed by atoms with E-state index in [0.29, 0.717) is 12.1 Å². The van der Waals surface area contributed by atoms with E-state index >= 15 is 0 Å². The van der Waals surface area contributed by atoms with Crippen molar-refractivity contribution in [1.29, 1.82) is 0 Å². The van der Waals surface area contributed by atoms with Crippen LogP contribution >= 0.6 is 0 Å². The number of hydrogen-bond donors (Lipinski definition) is 2. The fraction of sp³-hybridized carbons (Fsp3) is 0.320. The van der Waals surface area contributed by atoms with Gasteiger partial charge in [-0.3, -0.25) is 9.69 Å². The third-order valence-electron chi connectivity index (χ3n) is 5.04. The summed E-state index contributed by atoms with van der Waals surface area (Å²) in [6.45, 7) is 5.44. The van der Waals surface area contributed by atoms with Crippen molar-refractivity contribution in [2.75, 3.05) is 12.4 Å². The number of ether oxygens (including phenoxy) is 2. The highest BCUT2D eigenvalue weighted by molar-refractivity contribution is 5.97. The first-order valence-corrected chi connectivity index (χ1v) is 10.5. The SMILES string of the molecule is COC(=O)/C=C/c1ccc(NC(=O)[C@@H]2Cc3ccc(O)cc3CN2C(=O)OC(C)(C)C)cc1. The van der Waals surface area contributed by atoms with Crippen LogP contribution < -0.4 is 5.32 Å². The molecule has 0 saturated carbocycles. The van der Waals surface area contributed by atoms with E-state index < -0.39 is 23.7 Å². The van der Waals surface area contributed by atoms with Crippen molar-refractivity contribution >= 4 is 29.7 Å². The standard InChI is InChI=1S/C25H28N2O6/c1-25(2,3)33-24(31)27-15-18-13-20(28)11-8-17(18)14-21(27)23(30)26-19-9-5-16(6-10-19)7-12-22(29)32-4/h5-13,21,28H,14-15H2,1-4H3,(H,26,30)/b12-7+/t21-/m0/s1. The van der Waals surface area contributed by atoms with Gasteiger partial charge in [0.2, 0.25) is 5.91 Å². The van der Waals surface area contributed by atoms with Crippen LogP contribution in [0.3, 0.4) is 0 Å². The van der Waals surface area contributed by atoms with Gasteiger partial charge in [-0.25, -0.2) is 9.59 Å². The van der Waals surface area contributed by atoms with Crippen LogP contribution in [0.1, 0.15) is 37.5 Å². The Kier molecular flexibility index (Phi) is 7.06. The van der Waals surface area contributed by atoms with E-state index in [1.165, 1.54) is 18.1 Å². The van der Waals surface area contributed by atoms with Gasteiger partial charge in [-0.15, -0.1) is 0 Å². The molecule has 33 heavy (non-hydrogen) atoms. The fourth-order valence-corrected chi connectivity index (χ4v) is 3.45. The molecule has 2 aromatic rings. The maximum absolute atomic E-state index is 13.2. The maximum Gasteiger partial charge on any atom is 0.411 e. The number of fused-ring (bicyclic) bond motifs is 1. The summed E-state index contributed by atoms with van der Waals surface area (Å²) >= 11 is 0. The summed E-state index contributed by atoms with van der Waals surface area (Å²) in [6.07, 6.45) is 2.61. The van der Waals surface area contributed by atoms with E-state index in [1.54, 1.807) is 69.3 Å². The Hall–Kier alpha value is -3.81. The zero-order valence-corrected chi connectivity index (χ0v) is 19.1. The van der Waals surface area contributed by atoms with E-state index in [-0.39, 0.29) is 18.2 Å². The van der Waals surface area contributed by atoms with E-state index in [0.717, 1.165) is 16.7 Å². The molecule has 2 N–H and O–H groups in total. The molecule has 1 aliphatic rings. The number of phenols is 1. The van der Waals surface area contributed by atoms with E-state index in [1.807, 2.05) is 0 Å². The van der Waals surface area contributed by atoms with Crippen LogP contribution in [0.2, 0.25) is 0 Å².